The van der Waals surface area contributed by atoms with Crippen molar-refractivity contribution in [2.24, 2.45) is 4.99 Å². The Labute approximate surface area is 210 Å². The molecule has 184 valence electrons. The van der Waals surface area contributed by atoms with Gasteiger partial charge in [0.2, 0.25) is 11.8 Å². The van der Waals surface area contributed by atoms with Gasteiger partial charge in [-0.3, -0.25) is 14.6 Å². The minimum atomic E-state index is -0.653. The zero-order chi connectivity index (χ0) is 25.7. The van der Waals surface area contributed by atoms with Crippen molar-refractivity contribution in [1.29, 1.82) is 0 Å². The van der Waals surface area contributed by atoms with Gasteiger partial charge in [0.05, 0.1) is 24.1 Å². The van der Waals surface area contributed by atoms with Gasteiger partial charge in [0.25, 0.3) is 0 Å². The lowest BCUT2D eigenvalue weighted by atomic mass is 9.90. The summed E-state index contributed by atoms with van der Waals surface area (Å²) in [6.45, 7) is 0.609. The zero-order valence-electron chi connectivity index (χ0n) is 20.4. The maximum absolute atomic E-state index is 13.1. The number of rotatable bonds is 8. The molecule has 8 nitrogen and oxygen atoms in total. The molecule has 1 atom stereocenters. The molecule has 0 radical (unpaired) electrons. The summed E-state index contributed by atoms with van der Waals surface area (Å²) >= 11 is 0. The summed E-state index contributed by atoms with van der Waals surface area (Å²) in [4.78, 5) is 43.9. The van der Waals surface area contributed by atoms with Crippen LogP contribution in [0.5, 0.6) is 0 Å². The van der Waals surface area contributed by atoms with Crippen molar-refractivity contribution >= 4 is 40.6 Å². The largest absolute Gasteiger partial charge is 0.465 e. The molecule has 0 aliphatic carbocycles. The predicted molar refractivity (Wildman–Crippen MR) is 140 cm³/mol. The van der Waals surface area contributed by atoms with Crippen LogP contribution >= 0.6 is 0 Å². The number of nitrogens with zero attached hydrogens (tertiary/aromatic N) is 2. The zero-order valence-corrected chi connectivity index (χ0v) is 20.4. The Morgan fingerprint density at radius 3 is 2.42 bits per heavy atom. The molecule has 3 aromatic carbocycles. The maximum atomic E-state index is 13.1. The lowest BCUT2D eigenvalue weighted by Gasteiger charge is -2.18. The molecule has 8 heteroatoms. The van der Waals surface area contributed by atoms with Crippen LogP contribution < -0.4 is 15.5 Å². The number of nitrogens with one attached hydrogen (secondary N) is 2. The molecular weight excluding hydrogens is 456 g/mol. The van der Waals surface area contributed by atoms with Gasteiger partial charge in [-0.25, -0.2) is 4.79 Å². The van der Waals surface area contributed by atoms with Crippen LogP contribution in [0.1, 0.15) is 33.8 Å². The van der Waals surface area contributed by atoms with E-state index in [9.17, 15) is 14.4 Å². The Morgan fingerprint density at radius 2 is 1.75 bits per heavy atom. The molecule has 1 aliphatic heterocycles. The van der Waals surface area contributed by atoms with Crippen LogP contribution in [0.4, 0.5) is 17.1 Å². The van der Waals surface area contributed by atoms with E-state index in [1.165, 1.54) is 7.11 Å². The third-order valence-electron chi connectivity index (χ3n) is 6.10. The number of anilines is 2. The minimum absolute atomic E-state index is 0.0103. The molecule has 0 fully saturated rings. The van der Waals surface area contributed by atoms with Crippen LogP contribution in [0.15, 0.2) is 77.8 Å². The average Bonchev–Trinajstić information content (AvgIpc) is 3.24. The summed E-state index contributed by atoms with van der Waals surface area (Å²) in [5.41, 5.74) is 4.47. The first kappa shape index (κ1) is 24.8. The van der Waals surface area contributed by atoms with Crippen molar-refractivity contribution in [3.05, 3.63) is 89.5 Å². The molecule has 36 heavy (non-hydrogen) atoms. The number of amides is 2. The van der Waals surface area contributed by atoms with Crippen molar-refractivity contribution in [3.63, 3.8) is 0 Å². The van der Waals surface area contributed by atoms with E-state index in [-0.39, 0.29) is 11.8 Å². The molecule has 0 bridgehead atoms. The molecule has 2 amide bonds. The average molecular weight is 485 g/mol. The lowest BCUT2D eigenvalue weighted by Crippen LogP contribution is -2.28. The van der Waals surface area contributed by atoms with E-state index in [0.29, 0.717) is 35.6 Å². The number of carbonyl (C=O) groups excluding carboxylic acids is 3. The van der Waals surface area contributed by atoms with Crippen LogP contribution in [0.3, 0.4) is 0 Å². The number of fused-ring (bicyclic) bond motifs is 1. The van der Waals surface area contributed by atoms with Gasteiger partial charge in [0.1, 0.15) is 5.92 Å². The number of hydrogen-bond acceptors (Lipinski definition) is 6. The van der Waals surface area contributed by atoms with E-state index >= 15 is 0 Å². The standard InChI is InChI=1S/C28H28N4O4/c1-29-16-15-24(33)32(2)21-12-10-20(11-13-21)30-26(18-7-5-4-6-8-18)25-22-14-9-19(28(35)36-3)17-23(22)31-27(25)34/h4-14,17,25,29H,15-16H2,1-3H3,(H,31,34). The number of ether oxygens (including phenoxy) is 1. The fourth-order valence-electron chi connectivity index (χ4n) is 4.12. The third kappa shape index (κ3) is 5.18. The Morgan fingerprint density at radius 1 is 1.03 bits per heavy atom. The molecule has 4 rings (SSSR count). The van der Waals surface area contributed by atoms with Gasteiger partial charge in [-0.2, -0.15) is 0 Å². The van der Waals surface area contributed by atoms with Gasteiger partial charge < -0.3 is 20.3 Å². The first-order valence-corrected chi connectivity index (χ1v) is 11.6. The van der Waals surface area contributed by atoms with E-state index in [1.54, 1.807) is 30.1 Å². The topological polar surface area (TPSA) is 100 Å². The number of hydrogen-bond donors (Lipinski definition) is 2. The minimum Gasteiger partial charge on any atom is -0.465 e. The highest BCUT2D eigenvalue weighted by Gasteiger charge is 2.36. The molecule has 3 aromatic rings. The van der Waals surface area contributed by atoms with Crippen molar-refractivity contribution in [2.75, 3.05) is 38.0 Å². The maximum Gasteiger partial charge on any atom is 0.337 e. The van der Waals surface area contributed by atoms with Gasteiger partial charge >= 0.3 is 5.97 Å². The molecule has 2 N–H and O–H groups in total. The molecule has 1 heterocycles. The van der Waals surface area contributed by atoms with Crippen LogP contribution in [0, 0.1) is 0 Å². The van der Waals surface area contributed by atoms with Gasteiger partial charge in [-0.05, 0) is 54.6 Å². The van der Waals surface area contributed by atoms with E-state index in [0.717, 1.165) is 16.8 Å². The van der Waals surface area contributed by atoms with Crippen LogP contribution in [-0.4, -0.2) is 51.2 Å². The molecule has 1 unspecified atom stereocenters. The second-order valence-corrected chi connectivity index (χ2v) is 8.40. The highest BCUT2D eigenvalue weighted by atomic mass is 16.5. The fourth-order valence-corrected chi connectivity index (χ4v) is 4.12. The van der Waals surface area contributed by atoms with E-state index < -0.39 is 11.9 Å². The second kappa shape index (κ2) is 11.0. The Balaban J connectivity index is 1.70. The highest BCUT2D eigenvalue weighted by Crippen LogP contribution is 2.37. The first-order valence-electron chi connectivity index (χ1n) is 11.6. The third-order valence-corrected chi connectivity index (χ3v) is 6.10. The van der Waals surface area contributed by atoms with Crippen LogP contribution in [0.2, 0.25) is 0 Å². The van der Waals surface area contributed by atoms with E-state index in [2.05, 4.69) is 10.6 Å². The second-order valence-electron chi connectivity index (χ2n) is 8.40. The van der Waals surface area contributed by atoms with Gasteiger partial charge in [-0.15, -0.1) is 0 Å². The smallest absolute Gasteiger partial charge is 0.337 e. The number of aliphatic imine (C=N–C) groups is 1. The quantitative estimate of drug-likeness (QED) is 0.373. The van der Waals surface area contributed by atoms with Gasteiger partial charge in [0.15, 0.2) is 0 Å². The predicted octanol–water partition coefficient (Wildman–Crippen LogP) is 3.90. The first-order chi connectivity index (χ1) is 17.4. The summed E-state index contributed by atoms with van der Waals surface area (Å²) in [5.74, 6) is -1.33. The number of carbonyl (C=O) groups is 3. The van der Waals surface area contributed by atoms with Crippen molar-refractivity contribution in [3.8, 4) is 0 Å². The van der Waals surface area contributed by atoms with E-state index in [1.807, 2.05) is 61.6 Å². The molecule has 0 aromatic heterocycles. The highest BCUT2D eigenvalue weighted by molar-refractivity contribution is 6.24. The van der Waals surface area contributed by atoms with Gasteiger partial charge in [-0.1, -0.05) is 36.4 Å². The normalized spacial score (nSPS) is 14.7. The number of benzene rings is 3. The Hall–Kier alpha value is -4.30. The van der Waals surface area contributed by atoms with Crippen molar-refractivity contribution in [2.45, 2.75) is 12.3 Å². The van der Waals surface area contributed by atoms with Gasteiger partial charge in [0, 0.05) is 31.4 Å². The lowest BCUT2D eigenvalue weighted by molar-refractivity contribution is -0.118. The summed E-state index contributed by atoms with van der Waals surface area (Å²) in [5, 5.41) is 5.86. The number of esters is 1. The fraction of sp³-hybridized carbons (Fsp3) is 0.214. The van der Waals surface area contributed by atoms with E-state index in [4.69, 9.17) is 9.73 Å². The number of methoxy groups -OCH3 is 1. The van der Waals surface area contributed by atoms with Crippen LogP contribution in [0.25, 0.3) is 0 Å². The molecule has 0 saturated carbocycles. The molecule has 1 aliphatic rings. The molecule has 0 saturated heterocycles. The Kier molecular flexibility index (Phi) is 7.56. The summed E-state index contributed by atoms with van der Waals surface area (Å²) in [6, 6.07) is 21.9. The van der Waals surface area contributed by atoms with Crippen molar-refractivity contribution in [1.82, 2.24) is 5.32 Å². The summed E-state index contributed by atoms with van der Waals surface area (Å²) in [7, 11) is 4.87. The van der Waals surface area contributed by atoms with Crippen LogP contribution in [-0.2, 0) is 14.3 Å². The molecular formula is C28H28N4O4. The SMILES string of the molecule is CNCCC(=O)N(C)c1ccc(N=C(c2ccccc2)C2C(=O)Nc3cc(C(=O)OC)ccc32)cc1. The molecule has 0 spiro atoms. The summed E-state index contributed by atoms with van der Waals surface area (Å²) < 4.78 is 4.80. The van der Waals surface area contributed by atoms with Crippen molar-refractivity contribution < 1.29 is 19.1 Å². The Bertz CT molecular complexity index is 1300. The summed E-state index contributed by atoms with van der Waals surface area (Å²) in [6.07, 6.45) is 0.402. The monoisotopic (exact) mass is 484 g/mol.